The van der Waals surface area contributed by atoms with Crippen molar-refractivity contribution in [3.63, 3.8) is 0 Å². The Balaban J connectivity index is 1.36. The lowest BCUT2D eigenvalue weighted by molar-refractivity contribution is 0.175. The van der Waals surface area contributed by atoms with Gasteiger partial charge in [-0.3, -0.25) is 9.88 Å². The molecule has 30 heavy (non-hydrogen) atoms. The number of hydrogen-bond acceptors (Lipinski definition) is 4. The van der Waals surface area contributed by atoms with E-state index >= 15 is 0 Å². The number of H-pyrrole nitrogens is 1. The molecule has 5 rings (SSSR count). The van der Waals surface area contributed by atoms with E-state index in [1.165, 1.54) is 6.07 Å². The lowest BCUT2D eigenvalue weighted by Crippen LogP contribution is -2.47. The van der Waals surface area contributed by atoms with Gasteiger partial charge in [-0.2, -0.15) is 0 Å². The molecule has 2 aromatic carbocycles. The fourth-order valence-corrected chi connectivity index (χ4v) is 4.61. The van der Waals surface area contributed by atoms with Gasteiger partial charge in [-0.05, 0) is 48.9 Å². The van der Waals surface area contributed by atoms with Crippen LogP contribution >= 0.6 is 11.6 Å². The number of benzene rings is 2. The number of rotatable bonds is 4. The van der Waals surface area contributed by atoms with Gasteiger partial charge in [0.25, 0.3) is 0 Å². The van der Waals surface area contributed by atoms with Gasteiger partial charge in [-0.1, -0.05) is 18.5 Å². The quantitative estimate of drug-likeness (QED) is 0.491. The second-order valence-corrected chi connectivity index (χ2v) is 8.16. The van der Waals surface area contributed by atoms with Crippen LogP contribution < -0.4 is 4.90 Å². The molecular formula is C23H23ClFN5. The topological polar surface area (TPSA) is 48.1 Å². The molecule has 1 unspecified atom stereocenters. The van der Waals surface area contributed by atoms with E-state index in [2.05, 4.69) is 26.7 Å². The first-order valence-corrected chi connectivity index (χ1v) is 10.7. The second-order valence-electron chi connectivity index (χ2n) is 7.72. The minimum Gasteiger partial charge on any atom is -0.368 e. The number of hydrogen-bond donors (Lipinski definition) is 1. The summed E-state index contributed by atoms with van der Waals surface area (Å²) in [5.41, 5.74) is 3.78. The van der Waals surface area contributed by atoms with Crippen LogP contribution in [0.1, 0.15) is 25.2 Å². The molecule has 3 heterocycles. The number of nitrogens with one attached hydrogen (secondary N) is 1. The van der Waals surface area contributed by atoms with Crippen LogP contribution in [0.2, 0.25) is 5.02 Å². The van der Waals surface area contributed by atoms with Crippen LogP contribution in [0.15, 0.2) is 48.7 Å². The van der Waals surface area contributed by atoms with E-state index in [4.69, 9.17) is 16.6 Å². The van der Waals surface area contributed by atoms with Crippen LogP contribution in [-0.4, -0.2) is 46.0 Å². The van der Waals surface area contributed by atoms with Gasteiger partial charge in [0.05, 0.1) is 22.6 Å². The molecule has 1 N–H and O–H groups in total. The minimum atomic E-state index is -0.230. The van der Waals surface area contributed by atoms with Crippen LogP contribution in [-0.2, 0) is 0 Å². The highest BCUT2D eigenvalue weighted by molar-refractivity contribution is 6.31. The summed E-state index contributed by atoms with van der Waals surface area (Å²) in [6.07, 6.45) is 2.77. The smallest absolute Gasteiger partial charge is 0.124 e. The highest BCUT2D eigenvalue weighted by Gasteiger charge is 2.27. The number of aromatic amines is 1. The van der Waals surface area contributed by atoms with E-state index in [-0.39, 0.29) is 11.9 Å². The molecule has 0 amide bonds. The van der Waals surface area contributed by atoms with Crippen LogP contribution in [0, 0.1) is 5.82 Å². The SMILES string of the molecule is CCC(c1nc2ccc(Cl)cc2[nH]1)N1CCN(c2ccnc3ccc(F)cc23)CC1. The van der Waals surface area contributed by atoms with E-state index in [9.17, 15) is 4.39 Å². The number of nitrogens with zero attached hydrogens (tertiary/aromatic N) is 4. The summed E-state index contributed by atoms with van der Waals surface area (Å²) in [6.45, 7) is 5.76. The Morgan fingerprint density at radius 3 is 2.67 bits per heavy atom. The number of fused-ring (bicyclic) bond motifs is 2. The normalized spacial score (nSPS) is 16.4. The lowest BCUT2D eigenvalue weighted by Gasteiger charge is -2.39. The zero-order chi connectivity index (χ0) is 20.7. The van der Waals surface area contributed by atoms with E-state index in [0.717, 1.165) is 66.0 Å². The second kappa shape index (κ2) is 7.85. The Morgan fingerprint density at radius 2 is 1.87 bits per heavy atom. The summed E-state index contributed by atoms with van der Waals surface area (Å²) in [5, 5.41) is 1.58. The molecule has 0 bridgehead atoms. The van der Waals surface area contributed by atoms with Gasteiger partial charge >= 0.3 is 0 Å². The highest BCUT2D eigenvalue weighted by atomic mass is 35.5. The van der Waals surface area contributed by atoms with Gasteiger partial charge in [0.1, 0.15) is 11.6 Å². The van der Waals surface area contributed by atoms with Crippen molar-refractivity contribution >= 4 is 39.2 Å². The first-order chi connectivity index (χ1) is 14.6. The molecule has 0 aliphatic carbocycles. The Morgan fingerprint density at radius 1 is 1.07 bits per heavy atom. The maximum absolute atomic E-state index is 13.8. The van der Waals surface area contributed by atoms with E-state index in [0.29, 0.717) is 5.02 Å². The third kappa shape index (κ3) is 3.50. The zero-order valence-corrected chi connectivity index (χ0v) is 17.5. The summed E-state index contributed by atoms with van der Waals surface area (Å²) < 4.78 is 13.8. The molecule has 1 saturated heterocycles. The van der Waals surface area contributed by atoms with Crippen molar-refractivity contribution in [2.24, 2.45) is 0 Å². The molecule has 154 valence electrons. The van der Waals surface area contributed by atoms with Gasteiger partial charge in [-0.25, -0.2) is 9.37 Å². The summed E-state index contributed by atoms with van der Waals surface area (Å²) in [7, 11) is 0. The Hall–Kier alpha value is -2.70. The van der Waals surface area contributed by atoms with Gasteiger partial charge < -0.3 is 9.88 Å². The molecular weight excluding hydrogens is 401 g/mol. The van der Waals surface area contributed by atoms with Gasteiger partial charge in [0, 0.05) is 48.5 Å². The van der Waals surface area contributed by atoms with E-state index in [1.807, 2.05) is 24.3 Å². The third-order valence-corrected chi connectivity index (χ3v) is 6.18. The number of anilines is 1. The molecule has 0 radical (unpaired) electrons. The average molecular weight is 424 g/mol. The van der Waals surface area contributed by atoms with Crippen molar-refractivity contribution < 1.29 is 4.39 Å². The van der Waals surface area contributed by atoms with Crippen molar-refractivity contribution in [1.82, 2.24) is 19.9 Å². The van der Waals surface area contributed by atoms with Crippen LogP contribution in [0.3, 0.4) is 0 Å². The number of piperazine rings is 1. The molecule has 0 saturated carbocycles. The summed E-state index contributed by atoms with van der Waals surface area (Å²) in [5.74, 6) is 0.756. The van der Waals surface area contributed by atoms with Crippen molar-refractivity contribution in [3.8, 4) is 0 Å². The Kier molecular flexibility index (Phi) is 5.05. The van der Waals surface area contributed by atoms with E-state index < -0.39 is 0 Å². The minimum absolute atomic E-state index is 0.227. The van der Waals surface area contributed by atoms with Crippen LogP contribution in [0.5, 0.6) is 0 Å². The Labute approximate surface area is 179 Å². The predicted molar refractivity (Wildman–Crippen MR) is 120 cm³/mol. The lowest BCUT2D eigenvalue weighted by atomic mass is 10.1. The van der Waals surface area contributed by atoms with Gasteiger partial charge in [-0.15, -0.1) is 0 Å². The molecule has 2 aromatic heterocycles. The summed E-state index contributed by atoms with van der Waals surface area (Å²) in [6, 6.07) is 12.7. The standard InChI is InChI=1S/C23H23ClFN5/c1-2-21(23-27-19-5-3-15(24)13-20(19)28-23)29-9-11-30(12-10-29)22-7-8-26-18-6-4-16(25)14-17(18)22/h3-8,13-14,21H,2,9-12H2,1H3,(H,27,28). The molecule has 1 aliphatic heterocycles. The fraction of sp³-hybridized carbons (Fsp3) is 0.304. The Bertz CT molecular complexity index is 1200. The molecule has 1 aliphatic rings. The van der Waals surface area contributed by atoms with Crippen molar-refractivity contribution in [3.05, 3.63) is 65.3 Å². The number of imidazole rings is 1. The molecule has 7 heteroatoms. The molecule has 1 fully saturated rings. The molecule has 5 nitrogen and oxygen atoms in total. The van der Waals surface area contributed by atoms with Crippen molar-refractivity contribution in [1.29, 1.82) is 0 Å². The monoisotopic (exact) mass is 423 g/mol. The van der Waals surface area contributed by atoms with Crippen LogP contribution in [0.25, 0.3) is 21.9 Å². The van der Waals surface area contributed by atoms with Crippen molar-refractivity contribution in [2.45, 2.75) is 19.4 Å². The number of aromatic nitrogens is 3. The third-order valence-electron chi connectivity index (χ3n) is 5.94. The first kappa shape index (κ1) is 19.3. The van der Waals surface area contributed by atoms with Crippen LogP contribution in [0.4, 0.5) is 10.1 Å². The maximum atomic E-state index is 13.8. The summed E-state index contributed by atoms with van der Waals surface area (Å²) >= 11 is 6.12. The zero-order valence-electron chi connectivity index (χ0n) is 16.8. The van der Waals surface area contributed by atoms with Crippen molar-refractivity contribution in [2.75, 3.05) is 31.1 Å². The highest BCUT2D eigenvalue weighted by Crippen LogP contribution is 2.30. The summed E-state index contributed by atoms with van der Waals surface area (Å²) in [4.78, 5) is 17.4. The predicted octanol–water partition coefficient (Wildman–Crippen LogP) is 5.18. The fourth-order valence-electron chi connectivity index (χ4n) is 4.44. The maximum Gasteiger partial charge on any atom is 0.124 e. The first-order valence-electron chi connectivity index (χ1n) is 10.3. The van der Waals surface area contributed by atoms with Gasteiger partial charge in [0.15, 0.2) is 0 Å². The molecule has 0 spiro atoms. The number of halogens is 2. The number of pyridine rings is 1. The molecule has 1 atom stereocenters. The largest absolute Gasteiger partial charge is 0.368 e. The molecule has 4 aromatic rings. The average Bonchev–Trinajstić information content (AvgIpc) is 3.17. The van der Waals surface area contributed by atoms with E-state index in [1.54, 1.807) is 18.3 Å². The van der Waals surface area contributed by atoms with Gasteiger partial charge in [0.2, 0.25) is 0 Å².